The van der Waals surface area contributed by atoms with Crippen molar-refractivity contribution in [2.45, 2.75) is 13.0 Å². The Morgan fingerprint density at radius 1 is 1.24 bits per heavy atom. The number of methoxy groups -OCH3 is 2. The van der Waals surface area contributed by atoms with Crippen molar-refractivity contribution in [1.29, 1.82) is 0 Å². The lowest BCUT2D eigenvalue weighted by molar-refractivity contribution is -0.136. The van der Waals surface area contributed by atoms with Crippen molar-refractivity contribution in [2.24, 2.45) is 4.99 Å². The second kappa shape index (κ2) is 7.81. The summed E-state index contributed by atoms with van der Waals surface area (Å²) in [5.74, 6) is 0.235. The molecule has 0 radical (unpaired) electrons. The molecule has 1 aromatic carbocycles. The van der Waals surface area contributed by atoms with Crippen LogP contribution in [-0.4, -0.2) is 24.8 Å². The van der Waals surface area contributed by atoms with Crippen molar-refractivity contribution in [3.63, 3.8) is 0 Å². The molecule has 148 valence electrons. The number of benzene rings is 1. The monoisotopic (exact) mass is 426 g/mol. The summed E-state index contributed by atoms with van der Waals surface area (Å²) in [5.41, 5.74) is 1.61. The summed E-state index contributed by atoms with van der Waals surface area (Å²) < 4.78 is 12.4. The molecule has 0 aliphatic carbocycles. The van der Waals surface area contributed by atoms with Crippen LogP contribution in [0.4, 0.5) is 0 Å². The van der Waals surface area contributed by atoms with E-state index in [1.807, 2.05) is 47.9 Å². The van der Waals surface area contributed by atoms with Crippen LogP contribution in [0.5, 0.6) is 5.75 Å². The van der Waals surface area contributed by atoms with E-state index in [4.69, 9.17) is 9.47 Å². The molecule has 0 fully saturated rings. The zero-order valence-electron chi connectivity index (χ0n) is 16.0. The van der Waals surface area contributed by atoms with Crippen LogP contribution < -0.4 is 19.6 Å². The Labute approximate surface area is 174 Å². The number of ether oxygens (including phenoxy) is 2. The molecule has 0 N–H and O–H groups in total. The molecule has 6 nitrogen and oxygen atoms in total. The molecule has 3 heterocycles. The SMILES string of the molecule is COC(=O)C1=C(C)N=c2s/c(=C\c3cccc(OC)c3)c(=O)n2[C@@H]1c1cccs1. The summed E-state index contributed by atoms with van der Waals surface area (Å²) in [6.07, 6.45) is 1.81. The third-order valence-electron chi connectivity index (χ3n) is 4.63. The van der Waals surface area contributed by atoms with Gasteiger partial charge in [-0.15, -0.1) is 11.3 Å². The molecular formula is C21H18N2O4S2. The first kappa shape index (κ1) is 19.4. The number of allylic oxidation sites excluding steroid dienone is 1. The largest absolute Gasteiger partial charge is 0.497 e. The number of carbonyl (C=O) groups excluding carboxylic acids is 1. The van der Waals surface area contributed by atoms with Crippen LogP contribution in [-0.2, 0) is 9.53 Å². The molecular weight excluding hydrogens is 408 g/mol. The molecule has 0 bridgehead atoms. The van der Waals surface area contributed by atoms with E-state index in [9.17, 15) is 9.59 Å². The highest BCUT2D eigenvalue weighted by atomic mass is 32.1. The van der Waals surface area contributed by atoms with Gasteiger partial charge in [-0.05, 0) is 42.1 Å². The van der Waals surface area contributed by atoms with E-state index < -0.39 is 12.0 Å². The van der Waals surface area contributed by atoms with Gasteiger partial charge < -0.3 is 9.47 Å². The van der Waals surface area contributed by atoms with Crippen LogP contribution in [0.3, 0.4) is 0 Å². The van der Waals surface area contributed by atoms with Crippen LogP contribution in [0, 0.1) is 0 Å². The molecule has 0 spiro atoms. The van der Waals surface area contributed by atoms with Crippen LogP contribution >= 0.6 is 22.7 Å². The lowest BCUT2D eigenvalue weighted by atomic mass is 10.0. The molecule has 0 saturated heterocycles. The first-order chi connectivity index (χ1) is 14.0. The van der Waals surface area contributed by atoms with Gasteiger partial charge in [0.15, 0.2) is 4.80 Å². The van der Waals surface area contributed by atoms with Gasteiger partial charge in [0.2, 0.25) is 0 Å². The third-order valence-corrected chi connectivity index (χ3v) is 6.54. The number of thiophene rings is 1. The quantitative estimate of drug-likeness (QED) is 0.601. The molecule has 3 aromatic rings. The predicted octanol–water partition coefficient (Wildman–Crippen LogP) is 2.48. The van der Waals surface area contributed by atoms with E-state index in [0.717, 1.165) is 10.4 Å². The number of nitrogens with zero attached hydrogens (tertiary/aromatic N) is 2. The topological polar surface area (TPSA) is 69.9 Å². The fourth-order valence-corrected chi connectivity index (χ4v) is 5.16. The van der Waals surface area contributed by atoms with Crippen LogP contribution in [0.25, 0.3) is 6.08 Å². The Morgan fingerprint density at radius 3 is 2.76 bits per heavy atom. The molecule has 0 amide bonds. The molecule has 4 rings (SSSR count). The Bertz CT molecular complexity index is 1280. The molecule has 29 heavy (non-hydrogen) atoms. The lowest BCUT2D eigenvalue weighted by Gasteiger charge is -2.22. The smallest absolute Gasteiger partial charge is 0.338 e. The minimum absolute atomic E-state index is 0.191. The maximum absolute atomic E-state index is 13.3. The van der Waals surface area contributed by atoms with Gasteiger partial charge in [-0.1, -0.05) is 29.5 Å². The van der Waals surface area contributed by atoms with Crippen molar-refractivity contribution in [3.05, 3.63) is 83.2 Å². The molecule has 2 aromatic heterocycles. The first-order valence-corrected chi connectivity index (χ1v) is 10.5. The van der Waals surface area contributed by atoms with Crippen LogP contribution in [0.15, 0.2) is 62.8 Å². The zero-order chi connectivity index (χ0) is 20.5. The van der Waals surface area contributed by atoms with Gasteiger partial charge in [0.25, 0.3) is 5.56 Å². The highest BCUT2D eigenvalue weighted by Gasteiger charge is 2.33. The van der Waals surface area contributed by atoms with E-state index in [1.54, 1.807) is 18.6 Å². The maximum atomic E-state index is 13.3. The van der Waals surface area contributed by atoms with E-state index in [0.29, 0.717) is 26.4 Å². The highest BCUT2D eigenvalue weighted by molar-refractivity contribution is 7.10. The normalized spacial score (nSPS) is 16.4. The Hall–Kier alpha value is -2.97. The minimum atomic E-state index is -0.550. The summed E-state index contributed by atoms with van der Waals surface area (Å²) in [6, 6.07) is 10.7. The second-order valence-electron chi connectivity index (χ2n) is 6.37. The summed E-state index contributed by atoms with van der Waals surface area (Å²) in [5, 5.41) is 1.92. The number of hydrogen-bond donors (Lipinski definition) is 0. The molecule has 1 atom stereocenters. The van der Waals surface area contributed by atoms with E-state index >= 15 is 0 Å². The fourth-order valence-electron chi connectivity index (χ4n) is 3.29. The molecule has 0 unspecified atom stereocenters. The molecule has 1 aliphatic rings. The summed E-state index contributed by atoms with van der Waals surface area (Å²) in [4.78, 5) is 31.8. The average molecular weight is 427 g/mol. The van der Waals surface area contributed by atoms with Gasteiger partial charge in [0, 0.05) is 4.88 Å². The van der Waals surface area contributed by atoms with Gasteiger partial charge in [0.05, 0.1) is 30.0 Å². The summed E-state index contributed by atoms with van der Waals surface area (Å²) in [7, 11) is 2.94. The molecule has 8 heteroatoms. The third kappa shape index (κ3) is 3.45. The molecule has 0 saturated carbocycles. The van der Waals surface area contributed by atoms with Crippen molar-refractivity contribution >= 4 is 34.7 Å². The number of aromatic nitrogens is 1. The number of fused-ring (bicyclic) bond motifs is 1. The van der Waals surface area contributed by atoms with Gasteiger partial charge in [-0.2, -0.15) is 0 Å². The number of hydrogen-bond acceptors (Lipinski definition) is 7. The van der Waals surface area contributed by atoms with E-state index in [2.05, 4.69) is 4.99 Å². The maximum Gasteiger partial charge on any atom is 0.338 e. The Balaban J connectivity index is 1.95. The number of esters is 1. The summed E-state index contributed by atoms with van der Waals surface area (Å²) in [6.45, 7) is 1.77. The van der Waals surface area contributed by atoms with Gasteiger partial charge in [-0.25, -0.2) is 9.79 Å². The van der Waals surface area contributed by atoms with E-state index in [1.165, 1.54) is 29.8 Å². The number of rotatable bonds is 4. The van der Waals surface area contributed by atoms with Crippen molar-refractivity contribution in [2.75, 3.05) is 14.2 Å². The zero-order valence-corrected chi connectivity index (χ0v) is 17.7. The van der Waals surface area contributed by atoms with Gasteiger partial charge in [-0.3, -0.25) is 9.36 Å². The minimum Gasteiger partial charge on any atom is -0.497 e. The van der Waals surface area contributed by atoms with Crippen molar-refractivity contribution < 1.29 is 14.3 Å². The van der Waals surface area contributed by atoms with Crippen LogP contribution in [0.2, 0.25) is 0 Å². The standard InChI is InChI=1S/C21H18N2O4S2/c1-12-17(20(25)27-3)18(15-8-5-9-28-15)23-19(24)16(29-21(23)22-12)11-13-6-4-7-14(10-13)26-2/h4-11,18H,1-3H3/b16-11-/t18-/m1/s1. The Kier molecular flexibility index (Phi) is 5.21. The molecule has 1 aliphatic heterocycles. The Morgan fingerprint density at radius 2 is 2.07 bits per heavy atom. The first-order valence-electron chi connectivity index (χ1n) is 8.82. The van der Waals surface area contributed by atoms with Gasteiger partial charge >= 0.3 is 5.97 Å². The van der Waals surface area contributed by atoms with Crippen molar-refractivity contribution in [3.8, 4) is 5.75 Å². The van der Waals surface area contributed by atoms with Crippen LogP contribution in [0.1, 0.15) is 23.4 Å². The highest BCUT2D eigenvalue weighted by Crippen LogP contribution is 2.32. The average Bonchev–Trinajstić information content (AvgIpc) is 3.35. The number of thiazole rings is 1. The van der Waals surface area contributed by atoms with Gasteiger partial charge in [0.1, 0.15) is 11.8 Å². The predicted molar refractivity (Wildman–Crippen MR) is 113 cm³/mol. The second-order valence-corrected chi connectivity index (χ2v) is 8.35. The van der Waals surface area contributed by atoms with E-state index in [-0.39, 0.29) is 5.56 Å². The fraction of sp³-hybridized carbons (Fsp3) is 0.190. The lowest BCUT2D eigenvalue weighted by Crippen LogP contribution is -2.39. The number of carbonyl (C=O) groups is 1. The van der Waals surface area contributed by atoms with Crippen molar-refractivity contribution in [1.82, 2.24) is 4.57 Å². The summed E-state index contributed by atoms with van der Waals surface area (Å²) >= 11 is 2.79.